The smallest absolute Gasteiger partial charge is 0.124 e. The Labute approximate surface area is 126 Å². The fraction of sp³-hybridized carbons (Fsp3) is 0. The van der Waals surface area contributed by atoms with E-state index >= 15 is 0 Å². The first kappa shape index (κ1) is 13.2. The Morgan fingerprint density at radius 1 is 0.500 bits per heavy atom. The van der Waals surface area contributed by atoms with E-state index in [9.17, 15) is 0 Å². The number of nitrogens with zero attached hydrogens (tertiary/aromatic N) is 2. The minimum atomic E-state index is 0.911. The zero-order chi connectivity index (χ0) is 13.6. The third-order valence-electron chi connectivity index (χ3n) is 2.55. The molecule has 1 heterocycles. The van der Waals surface area contributed by atoms with Gasteiger partial charge in [0.1, 0.15) is 10.1 Å². The monoisotopic (exact) mass is 296 g/mol. The minimum absolute atomic E-state index is 0.911. The zero-order valence-corrected chi connectivity index (χ0v) is 12.3. The molecule has 0 amide bonds. The van der Waals surface area contributed by atoms with Crippen molar-refractivity contribution in [2.75, 3.05) is 0 Å². The molecule has 3 rings (SSSR count). The van der Waals surface area contributed by atoms with Gasteiger partial charge in [-0.2, -0.15) is 0 Å². The predicted molar refractivity (Wildman–Crippen MR) is 83.2 cm³/mol. The predicted octanol–water partition coefficient (Wildman–Crippen LogP) is 4.78. The van der Waals surface area contributed by atoms with Crippen molar-refractivity contribution in [2.45, 2.75) is 19.8 Å². The Kier molecular flexibility index (Phi) is 4.35. The zero-order valence-electron chi connectivity index (χ0n) is 10.6. The fourth-order valence-electron chi connectivity index (χ4n) is 1.64. The Bertz CT molecular complexity index is 595. The van der Waals surface area contributed by atoms with Gasteiger partial charge in [0.05, 0.1) is 0 Å². The van der Waals surface area contributed by atoms with Crippen LogP contribution >= 0.6 is 23.5 Å². The van der Waals surface area contributed by atoms with Gasteiger partial charge < -0.3 is 0 Å². The van der Waals surface area contributed by atoms with Crippen LogP contribution in [0.25, 0.3) is 0 Å². The lowest BCUT2D eigenvalue weighted by Gasteiger charge is -2.02. The lowest BCUT2D eigenvalue weighted by Crippen LogP contribution is -1.87. The molecule has 0 radical (unpaired) electrons. The summed E-state index contributed by atoms with van der Waals surface area (Å²) in [6.07, 6.45) is 0. The van der Waals surface area contributed by atoms with Crippen LogP contribution in [0.3, 0.4) is 0 Å². The van der Waals surface area contributed by atoms with E-state index < -0.39 is 0 Å². The number of benzene rings is 2. The average molecular weight is 296 g/mol. The van der Waals surface area contributed by atoms with Crippen LogP contribution in [0.4, 0.5) is 0 Å². The molecule has 1 aromatic heterocycles. The molecule has 0 atom stereocenters. The fourth-order valence-corrected chi connectivity index (χ4v) is 3.14. The lowest BCUT2D eigenvalue weighted by atomic mass is 10.4. The van der Waals surface area contributed by atoms with Crippen LogP contribution in [0.5, 0.6) is 0 Å². The largest absolute Gasteiger partial charge is 0.143 e. The van der Waals surface area contributed by atoms with Gasteiger partial charge in [0.25, 0.3) is 0 Å². The number of rotatable bonds is 4. The molecule has 3 aromatic rings. The molecular weight excluding hydrogens is 284 g/mol. The SMILES string of the molecule is c1ccc(Sc2ccc(Sc3ccccc3)nn2)cc1. The van der Waals surface area contributed by atoms with Crippen molar-refractivity contribution in [2.24, 2.45) is 0 Å². The maximum absolute atomic E-state index is 4.26. The minimum Gasteiger partial charge on any atom is -0.143 e. The molecule has 0 aliphatic heterocycles. The van der Waals surface area contributed by atoms with E-state index in [0.717, 1.165) is 10.1 Å². The first-order chi connectivity index (χ1) is 9.90. The second kappa shape index (κ2) is 6.59. The first-order valence-corrected chi connectivity index (χ1v) is 7.83. The highest BCUT2D eigenvalue weighted by Gasteiger charge is 2.02. The van der Waals surface area contributed by atoms with Crippen molar-refractivity contribution in [1.82, 2.24) is 10.2 Å². The molecule has 0 saturated carbocycles. The summed E-state index contributed by atoms with van der Waals surface area (Å²) in [6, 6.07) is 24.4. The molecule has 0 spiro atoms. The highest BCUT2D eigenvalue weighted by Crippen LogP contribution is 2.28. The summed E-state index contributed by atoms with van der Waals surface area (Å²) < 4.78 is 0. The Morgan fingerprint density at radius 2 is 0.900 bits per heavy atom. The molecule has 0 fully saturated rings. The topological polar surface area (TPSA) is 25.8 Å². The van der Waals surface area contributed by atoms with E-state index in [2.05, 4.69) is 34.5 Å². The van der Waals surface area contributed by atoms with Crippen molar-refractivity contribution >= 4 is 23.5 Å². The molecule has 0 N–H and O–H groups in total. The normalized spacial score (nSPS) is 10.4. The Hall–Kier alpha value is -1.78. The molecule has 0 aliphatic carbocycles. The van der Waals surface area contributed by atoms with Crippen LogP contribution in [0, 0.1) is 0 Å². The quantitative estimate of drug-likeness (QED) is 0.692. The van der Waals surface area contributed by atoms with E-state index in [1.165, 1.54) is 9.79 Å². The van der Waals surface area contributed by atoms with Gasteiger partial charge in [0.2, 0.25) is 0 Å². The van der Waals surface area contributed by atoms with Crippen LogP contribution in [0.1, 0.15) is 0 Å². The van der Waals surface area contributed by atoms with Gasteiger partial charge in [-0.15, -0.1) is 10.2 Å². The standard InChI is InChI=1S/C16H12N2S2/c1-3-7-13(8-4-1)19-15-11-12-16(18-17-15)20-14-9-5-2-6-10-14/h1-12H. The van der Waals surface area contributed by atoms with Crippen LogP contribution in [-0.2, 0) is 0 Å². The van der Waals surface area contributed by atoms with Gasteiger partial charge >= 0.3 is 0 Å². The molecule has 20 heavy (non-hydrogen) atoms. The molecule has 0 aliphatic rings. The van der Waals surface area contributed by atoms with Gasteiger partial charge in [-0.25, -0.2) is 0 Å². The van der Waals surface area contributed by atoms with Gasteiger partial charge in [0.15, 0.2) is 0 Å². The molecule has 2 aromatic carbocycles. The summed E-state index contributed by atoms with van der Waals surface area (Å²) in [5, 5.41) is 10.3. The second-order valence-electron chi connectivity index (χ2n) is 4.04. The van der Waals surface area contributed by atoms with Crippen molar-refractivity contribution < 1.29 is 0 Å². The van der Waals surface area contributed by atoms with Gasteiger partial charge in [0, 0.05) is 9.79 Å². The average Bonchev–Trinajstić information content (AvgIpc) is 2.51. The summed E-state index contributed by atoms with van der Waals surface area (Å²) >= 11 is 3.24. The summed E-state index contributed by atoms with van der Waals surface area (Å²) in [7, 11) is 0. The maximum Gasteiger partial charge on any atom is 0.124 e. The Balaban J connectivity index is 1.69. The Morgan fingerprint density at radius 3 is 1.25 bits per heavy atom. The van der Waals surface area contributed by atoms with Crippen LogP contribution < -0.4 is 0 Å². The highest BCUT2D eigenvalue weighted by atomic mass is 32.2. The number of aromatic nitrogens is 2. The highest BCUT2D eigenvalue weighted by molar-refractivity contribution is 7.99. The van der Waals surface area contributed by atoms with Crippen molar-refractivity contribution in [3.8, 4) is 0 Å². The molecule has 2 nitrogen and oxygen atoms in total. The molecule has 0 bridgehead atoms. The third-order valence-corrected chi connectivity index (χ3v) is 4.42. The van der Waals surface area contributed by atoms with Crippen molar-refractivity contribution in [3.63, 3.8) is 0 Å². The number of hydrogen-bond acceptors (Lipinski definition) is 4. The van der Waals surface area contributed by atoms with Crippen molar-refractivity contribution in [1.29, 1.82) is 0 Å². The van der Waals surface area contributed by atoms with Crippen LogP contribution in [0.2, 0.25) is 0 Å². The van der Waals surface area contributed by atoms with Crippen molar-refractivity contribution in [3.05, 3.63) is 72.8 Å². The van der Waals surface area contributed by atoms with E-state index in [0.29, 0.717) is 0 Å². The summed E-state index contributed by atoms with van der Waals surface area (Å²) in [4.78, 5) is 2.34. The lowest BCUT2D eigenvalue weighted by molar-refractivity contribution is 0.854. The summed E-state index contributed by atoms with van der Waals surface area (Å²) in [5.41, 5.74) is 0. The van der Waals surface area contributed by atoms with Crippen LogP contribution in [-0.4, -0.2) is 10.2 Å². The number of hydrogen-bond donors (Lipinski definition) is 0. The van der Waals surface area contributed by atoms with E-state index in [1.807, 2.05) is 48.5 Å². The molecular formula is C16H12N2S2. The summed E-state index contributed by atoms with van der Waals surface area (Å²) in [5.74, 6) is 0. The van der Waals surface area contributed by atoms with Gasteiger partial charge in [-0.1, -0.05) is 59.9 Å². The van der Waals surface area contributed by atoms with Crippen LogP contribution in [0.15, 0.2) is 92.6 Å². The maximum atomic E-state index is 4.26. The third kappa shape index (κ3) is 3.62. The summed E-state index contributed by atoms with van der Waals surface area (Å²) in [6.45, 7) is 0. The second-order valence-corrected chi connectivity index (χ2v) is 6.23. The van der Waals surface area contributed by atoms with E-state index in [-0.39, 0.29) is 0 Å². The molecule has 98 valence electrons. The molecule has 4 heteroatoms. The van der Waals surface area contributed by atoms with Gasteiger partial charge in [-0.3, -0.25) is 0 Å². The first-order valence-electron chi connectivity index (χ1n) is 6.20. The van der Waals surface area contributed by atoms with E-state index in [1.54, 1.807) is 23.5 Å². The van der Waals surface area contributed by atoms with Gasteiger partial charge in [-0.05, 0) is 36.4 Å². The molecule has 0 unspecified atom stereocenters. The van der Waals surface area contributed by atoms with E-state index in [4.69, 9.17) is 0 Å². The molecule has 0 saturated heterocycles.